The normalized spacial score (nSPS) is 22.4. The summed E-state index contributed by atoms with van der Waals surface area (Å²) in [6, 6.07) is 6.54. The maximum Gasteiger partial charge on any atom is 0.139 e. The van der Waals surface area contributed by atoms with E-state index >= 15 is 0 Å². The lowest BCUT2D eigenvalue weighted by Gasteiger charge is -2.46. The second kappa shape index (κ2) is 5.59. The first kappa shape index (κ1) is 14.5. The summed E-state index contributed by atoms with van der Waals surface area (Å²) < 4.78 is 5.32. The Bertz CT molecular complexity index is 448. The van der Waals surface area contributed by atoms with Crippen LogP contribution in [0.3, 0.4) is 0 Å². The summed E-state index contributed by atoms with van der Waals surface area (Å²) in [6.45, 7) is 8.69. The molecule has 1 unspecified atom stereocenters. The van der Waals surface area contributed by atoms with Crippen molar-refractivity contribution in [3.63, 3.8) is 0 Å². The molecule has 1 atom stereocenters. The molecule has 0 saturated carbocycles. The number of methoxy groups -OCH3 is 1. The van der Waals surface area contributed by atoms with Gasteiger partial charge in [-0.1, -0.05) is 18.5 Å². The zero-order valence-corrected chi connectivity index (χ0v) is 12.9. The molecule has 1 N–H and O–H groups in total. The minimum atomic E-state index is 0.124. The van der Waals surface area contributed by atoms with Crippen LogP contribution in [-0.2, 0) is 0 Å². The van der Waals surface area contributed by atoms with Crippen molar-refractivity contribution in [1.29, 1.82) is 0 Å². The van der Waals surface area contributed by atoms with E-state index in [9.17, 15) is 0 Å². The van der Waals surface area contributed by atoms with Crippen molar-refractivity contribution in [2.75, 3.05) is 25.1 Å². The first-order valence-electron chi connectivity index (χ1n) is 6.82. The third-order valence-corrected chi connectivity index (χ3v) is 4.07. The van der Waals surface area contributed by atoms with Gasteiger partial charge in [0.25, 0.3) is 0 Å². The molecule has 1 saturated heterocycles. The van der Waals surface area contributed by atoms with Crippen LogP contribution in [0.4, 0.5) is 5.69 Å². The van der Waals surface area contributed by atoms with Crippen LogP contribution in [-0.4, -0.2) is 31.8 Å². The maximum atomic E-state index is 6.11. The van der Waals surface area contributed by atoms with E-state index in [1.165, 1.54) is 5.69 Å². The van der Waals surface area contributed by atoms with E-state index in [-0.39, 0.29) is 5.54 Å². The van der Waals surface area contributed by atoms with Gasteiger partial charge in [0, 0.05) is 36.4 Å². The molecule has 106 valence electrons. The van der Waals surface area contributed by atoms with E-state index in [4.69, 9.17) is 16.3 Å². The van der Waals surface area contributed by atoms with Gasteiger partial charge >= 0.3 is 0 Å². The molecular formula is C15H23ClN2O. The molecule has 0 radical (unpaired) electrons. The van der Waals surface area contributed by atoms with Crippen molar-refractivity contribution in [1.82, 2.24) is 5.32 Å². The number of ether oxygens (including phenoxy) is 1. The fraction of sp³-hybridized carbons (Fsp3) is 0.600. The molecule has 0 aliphatic carbocycles. The molecule has 1 aliphatic rings. The van der Waals surface area contributed by atoms with Crippen LogP contribution in [0.15, 0.2) is 18.2 Å². The number of anilines is 1. The smallest absolute Gasteiger partial charge is 0.139 e. The molecule has 1 aromatic rings. The molecule has 0 bridgehead atoms. The summed E-state index contributed by atoms with van der Waals surface area (Å²) in [5, 5.41) is 4.26. The van der Waals surface area contributed by atoms with Gasteiger partial charge in [-0.3, -0.25) is 0 Å². The first-order chi connectivity index (χ1) is 8.96. The Balaban J connectivity index is 2.31. The Hall–Kier alpha value is -0.930. The lowest BCUT2D eigenvalue weighted by molar-refractivity contribution is 0.306. The van der Waals surface area contributed by atoms with E-state index in [1.807, 2.05) is 12.1 Å². The van der Waals surface area contributed by atoms with Crippen molar-refractivity contribution in [3.05, 3.63) is 23.2 Å². The highest BCUT2D eigenvalue weighted by molar-refractivity contribution is 6.32. The van der Waals surface area contributed by atoms with E-state index < -0.39 is 0 Å². The Kier molecular flexibility index (Phi) is 4.26. The van der Waals surface area contributed by atoms with Gasteiger partial charge in [-0.05, 0) is 32.4 Å². The van der Waals surface area contributed by atoms with Crippen LogP contribution in [0.1, 0.15) is 27.2 Å². The van der Waals surface area contributed by atoms with Gasteiger partial charge in [-0.25, -0.2) is 0 Å². The van der Waals surface area contributed by atoms with Crippen LogP contribution in [0.2, 0.25) is 5.02 Å². The van der Waals surface area contributed by atoms with Gasteiger partial charge in [0.15, 0.2) is 0 Å². The quantitative estimate of drug-likeness (QED) is 0.920. The number of nitrogens with one attached hydrogen (secondary N) is 1. The predicted molar refractivity (Wildman–Crippen MR) is 81.5 cm³/mol. The van der Waals surface area contributed by atoms with E-state index in [0.717, 1.165) is 25.3 Å². The summed E-state index contributed by atoms with van der Waals surface area (Å²) in [5.74, 6) is 0.741. The Morgan fingerprint density at radius 1 is 1.47 bits per heavy atom. The standard InChI is InChI=1S/C15H23ClN2O/c1-5-11-9-17-15(2,3)10-18(11)12-6-7-13(16)14(8-12)19-4/h6-8,11,17H,5,9-10H2,1-4H3. The molecule has 3 nitrogen and oxygen atoms in total. The zero-order valence-electron chi connectivity index (χ0n) is 12.2. The predicted octanol–water partition coefficient (Wildman–Crippen LogP) is 3.32. The lowest BCUT2D eigenvalue weighted by atomic mass is 9.97. The summed E-state index contributed by atoms with van der Waals surface area (Å²) >= 11 is 6.11. The van der Waals surface area contributed by atoms with Gasteiger partial charge in [-0.15, -0.1) is 0 Å². The number of nitrogens with zero attached hydrogens (tertiary/aromatic N) is 1. The van der Waals surface area contributed by atoms with Gasteiger partial charge < -0.3 is 15.0 Å². The minimum absolute atomic E-state index is 0.124. The maximum absolute atomic E-state index is 6.11. The average Bonchev–Trinajstić information content (AvgIpc) is 2.38. The van der Waals surface area contributed by atoms with Crippen LogP contribution in [0.5, 0.6) is 5.75 Å². The van der Waals surface area contributed by atoms with Crippen LogP contribution < -0.4 is 15.0 Å². The Labute approximate surface area is 120 Å². The number of hydrogen-bond donors (Lipinski definition) is 1. The van der Waals surface area contributed by atoms with Crippen LogP contribution >= 0.6 is 11.6 Å². The second-order valence-electron chi connectivity index (χ2n) is 5.77. The molecule has 0 aromatic heterocycles. The van der Waals surface area contributed by atoms with E-state index in [1.54, 1.807) is 7.11 Å². The molecule has 1 fully saturated rings. The van der Waals surface area contributed by atoms with Crippen molar-refractivity contribution in [2.24, 2.45) is 0 Å². The van der Waals surface area contributed by atoms with Crippen molar-refractivity contribution in [2.45, 2.75) is 38.8 Å². The largest absolute Gasteiger partial charge is 0.495 e. The molecule has 0 amide bonds. The highest BCUT2D eigenvalue weighted by Gasteiger charge is 2.31. The third kappa shape index (κ3) is 3.15. The molecule has 0 spiro atoms. The fourth-order valence-electron chi connectivity index (χ4n) is 2.61. The zero-order chi connectivity index (χ0) is 14.0. The number of halogens is 1. The number of benzene rings is 1. The SMILES string of the molecule is CCC1CNC(C)(C)CN1c1ccc(Cl)c(OC)c1. The molecule has 1 aromatic carbocycles. The van der Waals surface area contributed by atoms with Gasteiger partial charge in [0.2, 0.25) is 0 Å². The molecule has 19 heavy (non-hydrogen) atoms. The second-order valence-corrected chi connectivity index (χ2v) is 6.18. The summed E-state index contributed by atoms with van der Waals surface area (Å²) in [5.41, 5.74) is 1.31. The van der Waals surface area contributed by atoms with Crippen molar-refractivity contribution >= 4 is 17.3 Å². The molecular weight excluding hydrogens is 260 g/mol. The average molecular weight is 283 g/mol. The molecule has 4 heteroatoms. The summed E-state index contributed by atoms with van der Waals surface area (Å²) in [6.07, 6.45) is 1.12. The monoisotopic (exact) mass is 282 g/mol. The minimum Gasteiger partial charge on any atom is -0.495 e. The summed E-state index contributed by atoms with van der Waals surface area (Å²) in [7, 11) is 1.66. The van der Waals surface area contributed by atoms with Gasteiger partial charge in [0.05, 0.1) is 12.1 Å². The summed E-state index contributed by atoms with van der Waals surface area (Å²) in [4.78, 5) is 2.45. The number of rotatable bonds is 3. The van der Waals surface area contributed by atoms with Gasteiger partial charge in [0.1, 0.15) is 5.75 Å². The topological polar surface area (TPSA) is 24.5 Å². The van der Waals surface area contributed by atoms with Crippen LogP contribution in [0.25, 0.3) is 0 Å². The highest BCUT2D eigenvalue weighted by Crippen LogP contribution is 2.32. The molecule has 1 aliphatic heterocycles. The lowest BCUT2D eigenvalue weighted by Crippen LogP contribution is -2.61. The van der Waals surface area contributed by atoms with E-state index in [2.05, 4.69) is 37.1 Å². The molecule has 1 heterocycles. The highest BCUT2D eigenvalue weighted by atomic mass is 35.5. The molecule has 2 rings (SSSR count). The fourth-order valence-corrected chi connectivity index (χ4v) is 2.80. The Morgan fingerprint density at radius 3 is 2.84 bits per heavy atom. The number of hydrogen-bond acceptors (Lipinski definition) is 3. The first-order valence-corrected chi connectivity index (χ1v) is 7.20. The Morgan fingerprint density at radius 2 is 2.21 bits per heavy atom. The third-order valence-electron chi connectivity index (χ3n) is 3.76. The van der Waals surface area contributed by atoms with Gasteiger partial charge in [-0.2, -0.15) is 0 Å². The van der Waals surface area contributed by atoms with Crippen molar-refractivity contribution in [3.8, 4) is 5.75 Å². The number of piperazine rings is 1. The van der Waals surface area contributed by atoms with E-state index in [0.29, 0.717) is 11.1 Å². The van der Waals surface area contributed by atoms with Crippen LogP contribution in [0, 0.1) is 0 Å². The van der Waals surface area contributed by atoms with Crippen molar-refractivity contribution < 1.29 is 4.74 Å².